The number of aromatic nitrogens is 1. The van der Waals surface area contributed by atoms with E-state index >= 15 is 0 Å². The molecule has 6 nitrogen and oxygen atoms in total. The summed E-state index contributed by atoms with van der Waals surface area (Å²) in [6, 6.07) is 3.98. The lowest BCUT2D eigenvalue weighted by Crippen LogP contribution is -2.45. The monoisotopic (exact) mass is 349 g/mol. The Balaban J connectivity index is 2.04. The van der Waals surface area contributed by atoms with Crippen molar-refractivity contribution in [2.45, 2.75) is 33.2 Å². The van der Waals surface area contributed by atoms with Gasteiger partial charge in [-0.2, -0.15) is 0 Å². The molecule has 1 fully saturated rings. The Hall–Kier alpha value is -1.82. The third kappa shape index (κ3) is 5.88. The lowest BCUT2D eigenvalue weighted by Gasteiger charge is -2.29. The number of rotatable bonds is 10. The van der Waals surface area contributed by atoms with E-state index in [0.717, 1.165) is 18.5 Å². The van der Waals surface area contributed by atoms with Gasteiger partial charge in [0.2, 0.25) is 11.8 Å². The average molecular weight is 349 g/mol. The molecule has 0 unspecified atom stereocenters. The van der Waals surface area contributed by atoms with Crippen molar-refractivity contribution in [3.05, 3.63) is 24.0 Å². The lowest BCUT2D eigenvalue weighted by atomic mass is 10.2. The van der Waals surface area contributed by atoms with Crippen LogP contribution in [-0.2, 0) is 27.9 Å². The van der Waals surface area contributed by atoms with Crippen LogP contribution in [0.2, 0.25) is 0 Å². The van der Waals surface area contributed by atoms with Gasteiger partial charge in [-0.25, -0.2) is 0 Å². The molecule has 0 aromatic carbocycles. The Bertz CT molecular complexity index is 578. The van der Waals surface area contributed by atoms with Crippen LogP contribution in [0.25, 0.3) is 0 Å². The summed E-state index contributed by atoms with van der Waals surface area (Å²) in [6.45, 7) is 6.46. The van der Waals surface area contributed by atoms with E-state index in [9.17, 15) is 9.59 Å². The minimum Gasteiger partial charge on any atom is -0.383 e. The van der Waals surface area contributed by atoms with Crippen LogP contribution in [0.4, 0.5) is 0 Å². The van der Waals surface area contributed by atoms with Gasteiger partial charge in [-0.15, -0.1) is 0 Å². The van der Waals surface area contributed by atoms with Gasteiger partial charge in [-0.1, -0.05) is 13.8 Å². The molecule has 1 aromatic rings. The molecule has 1 aromatic heterocycles. The quantitative estimate of drug-likeness (QED) is 0.648. The molecule has 0 bridgehead atoms. The Kier molecular flexibility index (Phi) is 7.05. The van der Waals surface area contributed by atoms with Crippen molar-refractivity contribution >= 4 is 11.8 Å². The maximum atomic E-state index is 12.9. The molecule has 1 heterocycles. The van der Waals surface area contributed by atoms with Gasteiger partial charge >= 0.3 is 0 Å². The van der Waals surface area contributed by atoms with Gasteiger partial charge in [0.15, 0.2) is 0 Å². The van der Waals surface area contributed by atoms with Crippen molar-refractivity contribution < 1.29 is 14.3 Å². The fourth-order valence-corrected chi connectivity index (χ4v) is 2.87. The molecule has 1 aliphatic rings. The van der Waals surface area contributed by atoms with Gasteiger partial charge in [0, 0.05) is 45.1 Å². The number of carbonyl (C=O) groups excluding carboxylic acids is 2. The lowest BCUT2D eigenvalue weighted by molar-refractivity contribution is -0.142. The number of carbonyl (C=O) groups is 2. The SMILES string of the molecule is COCCN(Cc1cccn1C)C(=O)CN(CC(C)C)C(=O)C1CC1. The summed E-state index contributed by atoms with van der Waals surface area (Å²) in [7, 11) is 3.60. The fraction of sp³-hybridized carbons (Fsp3) is 0.684. The molecule has 0 aliphatic heterocycles. The predicted molar refractivity (Wildman–Crippen MR) is 96.8 cm³/mol. The first-order valence-electron chi connectivity index (χ1n) is 9.08. The Labute approximate surface area is 150 Å². The van der Waals surface area contributed by atoms with Crippen LogP contribution in [0.5, 0.6) is 0 Å². The van der Waals surface area contributed by atoms with Crippen LogP contribution in [0, 0.1) is 11.8 Å². The molecule has 0 atom stereocenters. The van der Waals surface area contributed by atoms with E-state index in [2.05, 4.69) is 13.8 Å². The number of hydrogen-bond donors (Lipinski definition) is 0. The van der Waals surface area contributed by atoms with Crippen LogP contribution in [0.3, 0.4) is 0 Å². The normalized spacial score (nSPS) is 14.0. The van der Waals surface area contributed by atoms with Crippen molar-refractivity contribution in [3.63, 3.8) is 0 Å². The van der Waals surface area contributed by atoms with Crippen molar-refractivity contribution in [3.8, 4) is 0 Å². The molecular weight excluding hydrogens is 318 g/mol. The molecule has 0 N–H and O–H groups in total. The highest BCUT2D eigenvalue weighted by molar-refractivity contribution is 5.87. The summed E-state index contributed by atoms with van der Waals surface area (Å²) in [5.74, 6) is 0.586. The number of ether oxygens (including phenoxy) is 1. The minimum absolute atomic E-state index is 0.0205. The first-order valence-corrected chi connectivity index (χ1v) is 9.08. The summed E-state index contributed by atoms with van der Waals surface area (Å²) >= 11 is 0. The summed E-state index contributed by atoms with van der Waals surface area (Å²) < 4.78 is 7.16. The Morgan fingerprint density at radius 2 is 2.04 bits per heavy atom. The number of nitrogens with zero attached hydrogens (tertiary/aromatic N) is 3. The number of hydrogen-bond acceptors (Lipinski definition) is 3. The Morgan fingerprint density at radius 1 is 1.32 bits per heavy atom. The van der Waals surface area contributed by atoms with Gasteiger partial charge in [0.05, 0.1) is 19.7 Å². The average Bonchev–Trinajstić information content (AvgIpc) is 3.33. The zero-order valence-electron chi connectivity index (χ0n) is 15.9. The second kappa shape index (κ2) is 9.04. The summed E-state index contributed by atoms with van der Waals surface area (Å²) in [5.41, 5.74) is 1.06. The van der Waals surface area contributed by atoms with Crippen LogP contribution in [0.15, 0.2) is 18.3 Å². The second-order valence-electron chi connectivity index (χ2n) is 7.31. The number of aryl methyl sites for hydroxylation is 1. The highest BCUT2D eigenvalue weighted by Gasteiger charge is 2.34. The molecule has 1 aliphatic carbocycles. The topological polar surface area (TPSA) is 54.8 Å². The van der Waals surface area contributed by atoms with Gasteiger partial charge in [-0.05, 0) is 30.9 Å². The first kappa shape index (κ1) is 19.5. The van der Waals surface area contributed by atoms with Crippen molar-refractivity contribution in [1.82, 2.24) is 14.4 Å². The standard InChI is InChI=1S/C19H31N3O3/c1-15(2)12-22(19(24)16-7-8-16)14-18(23)21(10-11-25-4)13-17-6-5-9-20(17)3/h5-6,9,15-16H,7-8,10-14H2,1-4H3. The maximum Gasteiger partial charge on any atom is 0.242 e. The molecule has 0 radical (unpaired) electrons. The minimum atomic E-state index is -0.0205. The molecule has 25 heavy (non-hydrogen) atoms. The maximum absolute atomic E-state index is 12.9. The van der Waals surface area contributed by atoms with E-state index in [1.54, 1.807) is 16.9 Å². The third-order valence-corrected chi connectivity index (χ3v) is 4.47. The van der Waals surface area contributed by atoms with Crippen LogP contribution in [0.1, 0.15) is 32.4 Å². The predicted octanol–water partition coefficient (Wildman–Crippen LogP) is 1.89. The van der Waals surface area contributed by atoms with Crippen LogP contribution < -0.4 is 0 Å². The van der Waals surface area contributed by atoms with E-state index in [4.69, 9.17) is 4.74 Å². The zero-order valence-corrected chi connectivity index (χ0v) is 15.9. The molecule has 6 heteroatoms. The summed E-state index contributed by atoms with van der Waals surface area (Å²) in [5, 5.41) is 0. The van der Waals surface area contributed by atoms with Gasteiger partial charge in [0.1, 0.15) is 0 Å². The Morgan fingerprint density at radius 3 is 2.56 bits per heavy atom. The van der Waals surface area contributed by atoms with E-state index in [1.165, 1.54) is 0 Å². The van der Waals surface area contributed by atoms with Crippen LogP contribution >= 0.6 is 0 Å². The largest absolute Gasteiger partial charge is 0.383 e. The summed E-state index contributed by atoms with van der Waals surface area (Å²) in [6.07, 6.45) is 3.88. The van der Waals surface area contributed by atoms with Gasteiger partial charge in [0.25, 0.3) is 0 Å². The molecule has 0 spiro atoms. The fourth-order valence-electron chi connectivity index (χ4n) is 2.87. The summed E-state index contributed by atoms with van der Waals surface area (Å²) in [4.78, 5) is 28.9. The highest BCUT2D eigenvalue weighted by atomic mass is 16.5. The molecule has 2 rings (SSSR count). The number of amides is 2. The molecular formula is C19H31N3O3. The van der Waals surface area contributed by atoms with E-state index < -0.39 is 0 Å². The molecule has 2 amide bonds. The highest BCUT2D eigenvalue weighted by Crippen LogP contribution is 2.31. The third-order valence-electron chi connectivity index (χ3n) is 4.47. The molecule has 1 saturated carbocycles. The van der Waals surface area contributed by atoms with Crippen molar-refractivity contribution in [2.24, 2.45) is 18.9 Å². The van der Waals surface area contributed by atoms with Crippen molar-refractivity contribution in [2.75, 3.05) is 33.4 Å². The van der Waals surface area contributed by atoms with Gasteiger partial charge < -0.3 is 19.1 Å². The van der Waals surface area contributed by atoms with Crippen molar-refractivity contribution in [1.29, 1.82) is 0 Å². The number of methoxy groups -OCH3 is 1. The second-order valence-corrected chi connectivity index (χ2v) is 7.31. The van der Waals surface area contributed by atoms with E-state index in [-0.39, 0.29) is 24.3 Å². The van der Waals surface area contributed by atoms with Gasteiger partial charge in [-0.3, -0.25) is 9.59 Å². The smallest absolute Gasteiger partial charge is 0.242 e. The molecule has 0 saturated heterocycles. The van der Waals surface area contributed by atoms with Crippen LogP contribution in [-0.4, -0.2) is 59.5 Å². The first-order chi connectivity index (χ1) is 11.9. The zero-order chi connectivity index (χ0) is 18.4. The molecule has 140 valence electrons. The van der Waals surface area contributed by atoms with E-state index in [1.807, 2.05) is 29.9 Å². The van der Waals surface area contributed by atoms with E-state index in [0.29, 0.717) is 32.2 Å².